The Morgan fingerprint density at radius 2 is 1.16 bits per heavy atom. The zero-order valence-electron chi connectivity index (χ0n) is 52.1. The van der Waals surface area contributed by atoms with Crippen LogP contribution >= 0.6 is 12.4 Å². The molecule has 0 spiro atoms. The van der Waals surface area contributed by atoms with Crippen molar-refractivity contribution in [2.75, 3.05) is 39.6 Å². The lowest BCUT2D eigenvalue weighted by molar-refractivity contribution is -0.137. The number of carbonyl (C=O) groups excluding carboxylic acids is 10. The van der Waals surface area contributed by atoms with Crippen LogP contribution in [0.1, 0.15) is 75.1 Å². The van der Waals surface area contributed by atoms with Gasteiger partial charge in [-0.1, -0.05) is 112 Å². The van der Waals surface area contributed by atoms with E-state index in [9.17, 15) is 53.4 Å². The van der Waals surface area contributed by atoms with Gasteiger partial charge in [0.1, 0.15) is 54.6 Å². The number of nitrogens with one attached hydrogen (secondary N) is 10. The number of nitrogens with two attached hydrogens (primary N) is 2. The molecule has 1 saturated heterocycles. The van der Waals surface area contributed by atoms with Crippen LogP contribution in [0.5, 0.6) is 5.75 Å². The number of likely N-dealkylation sites (N-methyl/N-ethyl adjacent to an activating group) is 1. The number of carbonyl (C=O) groups is 10. The number of para-hydroxylation sites is 1. The molecule has 1 aliphatic rings. The number of alkyl carbamates (subject to hydrolysis) is 1. The predicted molar refractivity (Wildman–Crippen MR) is 346 cm³/mol. The molecule has 0 aliphatic carbocycles. The lowest BCUT2D eigenvalue weighted by Crippen LogP contribution is -2.61. The minimum absolute atomic E-state index is 0. The Morgan fingerprint density at radius 1 is 0.645 bits per heavy atom. The molecule has 1 fully saturated rings. The first-order chi connectivity index (χ1) is 44.3. The fourth-order valence-corrected chi connectivity index (χ4v) is 10.3. The number of hydrogen-bond acceptors (Lipinski definition) is 16. The second-order valence-corrected chi connectivity index (χ2v) is 22.4. The topological polar surface area (TPSA) is 421 Å². The number of hydrogen-bond donors (Lipinski definition) is 14. The molecule has 0 saturated carbocycles. The van der Waals surface area contributed by atoms with Crippen LogP contribution in [0.15, 0.2) is 120 Å². The minimum atomic E-state index is -1.80. The van der Waals surface area contributed by atoms with Gasteiger partial charge >= 0.3 is 6.09 Å². The average Bonchev–Trinajstić information content (AvgIpc) is 1.27. The van der Waals surface area contributed by atoms with E-state index in [4.69, 9.17) is 20.9 Å². The van der Waals surface area contributed by atoms with Crippen LogP contribution < -0.4 is 64.1 Å². The lowest BCUT2D eigenvalue weighted by atomic mass is 9.99. The monoisotopic (exact) mass is 1310 g/mol. The van der Waals surface area contributed by atoms with Gasteiger partial charge in [-0.3, -0.25) is 58.4 Å². The highest BCUT2D eigenvalue weighted by Gasteiger charge is 2.37. The Balaban J connectivity index is 0.0000157. The number of likely N-dealkylation sites (tertiary alicyclic amines) is 1. The van der Waals surface area contributed by atoms with Gasteiger partial charge in [0.05, 0.1) is 19.3 Å². The number of halogens is 1. The highest BCUT2D eigenvalue weighted by atomic mass is 35.5. The molecule has 1 aliphatic heterocycles. The molecule has 1 aromatic heterocycles. The summed E-state index contributed by atoms with van der Waals surface area (Å²) >= 11 is 0. The van der Waals surface area contributed by atoms with E-state index in [0.717, 1.165) is 12.0 Å². The number of guanidine groups is 1. The van der Waals surface area contributed by atoms with Gasteiger partial charge < -0.3 is 78.7 Å². The second-order valence-electron chi connectivity index (χ2n) is 22.4. The first-order valence-corrected chi connectivity index (χ1v) is 30.4. The summed E-state index contributed by atoms with van der Waals surface area (Å²) in [6, 6.07) is 20.6. The maximum absolute atomic E-state index is 15.0. The quantitative estimate of drug-likeness (QED) is 0.00832. The van der Waals surface area contributed by atoms with Gasteiger partial charge in [-0.2, -0.15) is 0 Å². The molecule has 0 unspecified atom stereocenters. The number of aliphatic imine (C=N–C) groups is 1. The standard InChI is InChI=1S/C64H84N14O14.ClH/c1-4-78-28-14-22-54(78)62(89)77-55(82)47(21-13-27-68-63(65)66)70-56(83)48(29-39(2)3)71-57(84)49(30-40-15-7-5-8-16-40)72-58(85)50(31-41-23-25-44(26-24-41)91-36-42-17-9-6-10-18-42)73-60(87)52(34-79)75-59(86)51(32-43-33-69-46-20-12-11-19-45(43)46)74-61(88)53(35-80)76-64(90)92-38-67-37-81;/h5-12,15-20,23-26,33,37,39,47-54,69,79-80H,4,13-14,21-22,27-32,34-36,38H2,1-3H3,(H,67,81)(H,70,83)(H,71,84)(H,72,85)(H,73,87)(H,74,88)(H,75,86)(H,76,90)(H4,65,66,68)(H,77,82,89);1H/t47-,48-,49+,50-,51-,52-,53-,54-;/m0./s1. The summed E-state index contributed by atoms with van der Waals surface area (Å²) in [7, 11) is 0. The third-order valence-electron chi connectivity index (χ3n) is 15.1. The molecule has 93 heavy (non-hydrogen) atoms. The SMILES string of the molecule is CCN1CCC[C@H]1C(=O)NC(=O)[C@H](CCCN=C(N)N)NC(=O)[C@H](CC(C)C)NC(=O)[C@@H](Cc1ccccc1)NC(=O)[C@H](Cc1ccc(OCc2ccccc2)cc1)NC(=O)[C@H](CO)NC(=O)[C@H](Cc1c[nH]c2ccccc12)NC(=O)[C@H](CO)NC(=O)OCNC=O.Cl. The summed E-state index contributed by atoms with van der Waals surface area (Å²) in [4.78, 5) is 147. The van der Waals surface area contributed by atoms with E-state index in [1.165, 1.54) is 0 Å². The fourth-order valence-electron chi connectivity index (χ4n) is 10.3. The number of aliphatic hydroxyl groups excluding tert-OH is 2. The first kappa shape index (κ1) is 74.1. The Hall–Kier alpha value is -9.64. The molecule has 5 aromatic rings. The van der Waals surface area contributed by atoms with E-state index in [-0.39, 0.29) is 82.4 Å². The van der Waals surface area contributed by atoms with Gasteiger partial charge in [0, 0.05) is 42.9 Å². The molecule has 6 rings (SSSR count). The maximum atomic E-state index is 15.0. The number of imide groups is 1. The smallest absolute Gasteiger partial charge is 0.409 e. The summed E-state index contributed by atoms with van der Waals surface area (Å²) in [5.41, 5.74) is 14.3. The average molecular weight is 1310 g/mol. The maximum Gasteiger partial charge on any atom is 0.409 e. The van der Waals surface area contributed by atoms with Crippen molar-refractivity contribution in [2.24, 2.45) is 22.4 Å². The number of H-pyrrole nitrogens is 1. The number of aromatic nitrogens is 1. The van der Waals surface area contributed by atoms with E-state index < -0.39 is 122 Å². The molecular weight excluding hydrogens is 1220 g/mol. The molecule has 4 aromatic carbocycles. The molecule has 2 heterocycles. The van der Waals surface area contributed by atoms with E-state index in [2.05, 4.69) is 57.8 Å². The number of aromatic amines is 1. The Bertz CT molecular complexity index is 3300. The number of fused-ring (bicyclic) bond motifs is 1. The van der Waals surface area contributed by atoms with Crippen LogP contribution in [0.25, 0.3) is 10.9 Å². The van der Waals surface area contributed by atoms with Gasteiger partial charge in [-0.25, -0.2) is 4.79 Å². The molecule has 8 atom stereocenters. The van der Waals surface area contributed by atoms with Gasteiger partial charge in [0.25, 0.3) is 0 Å². The second kappa shape index (κ2) is 38.3. The lowest BCUT2D eigenvalue weighted by Gasteiger charge is -2.28. The first-order valence-electron chi connectivity index (χ1n) is 30.4. The Labute approximate surface area is 544 Å². The van der Waals surface area contributed by atoms with Crippen LogP contribution in [0.2, 0.25) is 0 Å². The fraction of sp³-hybridized carbons (Fsp3) is 0.422. The number of amides is 10. The largest absolute Gasteiger partial charge is 0.489 e. The van der Waals surface area contributed by atoms with Crippen LogP contribution in [0, 0.1) is 5.92 Å². The van der Waals surface area contributed by atoms with Gasteiger partial charge in [-0.15, -0.1) is 12.4 Å². The van der Waals surface area contributed by atoms with Gasteiger partial charge in [0.2, 0.25) is 53.7 Å². The summed E-state index contributed by atoms with van der Waals surface area (Å²) in [5.74, 6) is -6.86. The van der Waals surface area contributed by atoms with E-state index in [1.807, 2.05) is 56.0 Å². The third kappa shape index (κ3) is 23.8. The van der Waals surface area contributed by atoms with E-state index in [0.29, 0.717) is 52.9 Å². The molecule has 28 nitrogen and oxygen atoms in total. The van der Waals surface area contributed by atoms with Crippen molar-refractivity contribution < 1.29 is 67.6 Å². The molecular formula is C64H85ClN14O14. The number of nitrogens with zero attached hydrogens (tertiary/aromatic N) is 2. The van der Waals surface area contributed by atoms with E-state index >= 15 is 4.79 Å². The molecule has 0 radical (unpaired) electrons. The van der Waals surface area contributed by atoms with Crippen LogP contribution in [0.4, 0.5) is 4.79 Å². The number of benzene rings is 4. The summed E-state index contributed by atoms with van der Waals surface area (Å²) in [6.07, 6.45) is 1.64. The number of rotatable bonds is 36. The van der Waals surface area contributed by atoms with Crippen molar-refractivity contribution in [3.63, 3.8) is 0 Å². The minimum Gasteiger partial charge on any atom is -0.489 e. The number of aliphatic hydroxyl groups is 2. The van der Waals surface area contributed by atoms with Crippen molar-refractivity contribution in [3.8, 4) is 5.75 Å². The zero-order valence-corrected chi connectivity index (χ0v) is 52.9. The molecule has 16 N–H and O–H groups in total. The number of ether oxygens (including phenoxy) is 2. The predicted octanol–water partition coefficient (Wildman–Crippen LogP) is 0.115. The van der Waals surface area contributed by atoms with Crippen molar-refractivity contribution in [1.82, 2.24) is 57.7 Å². The molecule has 29 heteroatoms. The summed E-state index contributed by atoms with van der Waals surface area (Å²) in [6.45, 7) is 4.60. The van der Waals surface area contributed by atoms with Crippen molar-refractivity contribution in [1.29, 1.82) is 0 Å². The van der Waals surface area contributed by atoms with Crippen molar-refractivity contribution in [2.45, 2.75) is 127 Å². The van der Waals surface area contributed by atoms with Crippen LogP contribution in [-0.4, -0.2) is 174 Å². The zero-order chi connectivity index (χ0) is 66.5. The molecule has 10 amide bonds. The normalized spacial score (nSPS) is 15.0. The molecule has 0 bridgehead atoms. The van der Waals surface area contributed by atoms with Crippen LogP contribution in [-0.2, 0) is 73.8 Å². The Kier molecular flexibility index (Phi) is 30.5. The summed E-state index contributed by atoms with van der Waals surface area (Å²) < 4.78 is 10.8. The molecule has 502 valence electrons. The van der Waals surface area contributed by atoms with Crippen molar-refractivity contribution in [3.05, 3.63) is 138 Å². The van der Waals surface area contributed by atoms with Crippen LogP contribution in [0.3, 0.4) is 0 Å². The van der Waals surface area contributed by atoms with Gasteiger partial charge in [-0.05, 0) is 91.6 Å². The highest BCUT2D eigenvalue weighted by Crippen LogP contribution is 2.21. The van der Waals surface area contributed by atoms with E-state index in [1.54, 1.807) is 85.1 Å². The summed E-state index contributed by atoms with van der Waals surface area (Å²) in [5, 5.41) is 44.2. The third-order valence-corrected chi connectivity index (χ3v) is 15.1. The highest BCUT2D eigenvalue weighted by molar-refractivity contribution is 6.02. The van der Waals surface area contributed by atoms with Gasteiger partial charge in [0.15, 0.2) is 12.7 Å². The van der Waals surface area contributed by atoms with Crippen molar-refractivity contribution >= 4 is 89.0 Å². The Morgan fingerprint density at radius 3 is 1.74 bits per heavy atom.